The molecule has 0 spiro atoms. The van der Waals surface area contributed by atoms with Crippen LogP contribution < -0.4 is 10.2 Å². The van der Waals surface area contributed by atoms with E-state index in [4.69, 9.17) is 9.05 Å². The van der Waals surface area contributed by atoms with Crippen LogP contribution in [0.3, 0.4) is 0 Å². The summed E-state index contributed by atoms with van der Waals surface area (Å²) in [5.74, 6) is -0.218. The number of rotatable bonds is 48. The zero-order valence-corrected chi connectivity index (χ0v) is 45.2. The van der Waals surface area contributed by atoms with Crippen LogP contribution in [0, 0.1) is 0 Å². The molecule has 3 atom stereocenters. The Labute approximate surface area is 419 Å². The third-order valence-corrected chi connectivity index (χ3v) is 12.4. The highest BCUT2D eigenvalue weighted by atomic mass is 31.2. The Morgan fingerprint density at radius 2 is 0.912 bits per heavy atom. The second-order valence-corrected chi connectivity index (χ2v) is 20.6. The number of carbonyl (C=O) groups excluding carboxylic acids is 1. The molecule has 0 saturated heterocycles. The van der Waals surface area contributed by atoms with E-state index in [1.165, 1.54) is 96.3 Å². The maximum atomic E-state index is 12.9. The number of quaternary nitrogens is 1. The molecule has 0 radical (unpaired) electrons. The monoisotopic (exact) mass is 967 g/mol. The van der Waals surface area contributed by atoms with E-state index in [0.29, 0.717) is 17.4 Å². The first-order valence-electron chi connectivity index (χ1n) is 27.2. The first-order chi connectivity index (χ1) is 33.0. The van der Waals surface area contributed by atoms with Gasteiger partial charge in [-0.2, -0.15) is 0 Å². The molecule has 9 heteroatoms. The van der Waals surface area contributed by atoms with E-state index < -0.39 is 26.6 Å². The molecule has 3 unspecified atom stereocenters. The summed E-state index contributed by atoms with van der Waals surface area (Å²) in [5.41, 5.74) is 0. The van der Waals surface area contributed by atoms with E-state index in [1.807, 2.05) is 27.2 Å². The van der Waals surface area contributed by atoms with Gasteiger partial charge in [0.15, 0.2) is 0 Å². The molecule has 0 aromatic carbocycles. The second kappa shape index (κ2) is 49.2. The molecule has 0 saturated carbocycles. The summed E-state index contributed by atoms with van der Waals surface area (Å²) in [4.78, 5) is 25.4. The first-order valence-corrected chi connectivity index (χ1v) is 28.7. The standard InChI is InChI=1S/C59H103N2O6P/c1-6-8-10-12-14-16-18-20-21-22-23-24-25-26-27-28-29-30-31-32-33-34-35-36-37-38-39-41-43-45-47-49-51-53-59(63)60-57(56-67-68(64,65)66-55-54-61(3,4)5)58(62)52-50-48-46-44-42-40-19-17-15-13-11-9-7-2/h8,10,14-17,20-21,23-24,26-27,29-30,42,44,50,52,57-58,62H,6-7,9,11-13,18-19,22,25,28,31-41,43,45-49,51,53-56H2,1-5H3,(H-,60,63,64,65)/b10-8-,16-14-,17-15+,21-20-,24-23-,27-26-,30-29-,44-42+,52-50+. The Hall–Kier alpha value is -2.84. The fourth-order valence-corrected chi connectivity index (χ4v) is 7.91. The number of nitrogens with zero attached hydrogens (tertiary/aromatic N) is 1. The quantitative estimate of drug-likeness (QED) is 0.0272. The number of carbonyl (C=O) groups is 1. The van der Waals surface area contributed by atoms with Crippen LogP contribution in [0.15, 0.2) is 109 Å². The number of aliphatic hydroxyl groups excluding tert-OH is 1. The average Bonchev–Trinajstić information content (AvgIpc) is 3.30. The third-order valence-electron chi connectivity index (χ3n) is 11.4. The number of phosphoric acid groups is 1. The lowest BCUT2D eigenvalue weighted by molar-refractivity contribution is -0.870. The van der Waals surface area contributed by atoms with Gasteiger partial charge in [0, 0.05) is 6.42 Å². The molecule has 0 heterocycles. The smallest absolute Gasteiger partial charge is 0.268 e. The van der Waals surface area contributed by atoms with Gasteiger partial charge in [-0.05, 0) is 96.3 Å². The highest BCUT2D eigenvalue weighted by Crippen LogP contribution is 2.38. The van der Waals surface area contributed by atoms with Crippen molar-refractivity contribution in [1.29, 1.82) is 0 Å². The van der Waals surface area contributed by atoms with Gasteiger partial charge in [0.05, 0.1) is 39.9 Å². The number of aliphatic hydroxyl groups is 1. The minimum Gasteiger partial charge on any atom is -0.756 e. The molecular formula is C59H103N2O6P. The Bertz CT molecular complexity index is 1470. The Morgan fingerprint density at radius 1 is 0.529 bits per heavy atom. The van der Waals surface area contributed by atoms with Crippen molar-refractivity contribution in [2.75, 3.05) is 40.9 Å². The number of hydrogen-bond acceptors (Lipinski definition) is 6. The molecule has 0 aliphatic heterocycles. The molecule has 0 bridgehead atoms. The fourth-order valence-electron chi connectivity index (χ4n) is 7.19. The summed E-state index contributed by atoms with van der Waals surface area (Å²) >= 11 is 0. The van der Waals surface area contributed by atoms with E-state index in [-0.39, 0.29) is 12.5 Å². The Kier molecular flexibility index (Phi) is 47.1. The minimum atomic E-state index is -4.61. The fraction of sp³-hybridized carbons (Fsp3) is 0.678. The molecule has 2 N–H and O–H groups in total. The molecular weight excluding hydrogens is 864 g/mol. The molecule has 0 aromatic heterocycles. The Morgan fingerprint density at radius 3 is 1.37 bits per heavy atom. The molecule has 0 aliphatic carbocycles. The van der Waals surface area contributed by atoms with E-state index >= 15 is 0 Å². The number of unbranched alkanes of at least 4 members (excludes halogenated alkanes) is 19. The molecule has 0 aliphatic rings. The van der Waals surface area contributed by atoms with Crippen molar-refractivity contribution in [3.05, 3.63) is 109 Å². The predicted octanol–water partition coefficient (Wildman–Crippen LogP) is 15.8. The van der Waals surface area contributed by atoms with Crippen molar-refractivity contribution < 1.29 is 32.9 Å². The number of phosphoric ester groups is 1. The van der Waals surface area contributed by atoms with Crippen molar-refractivity contribution >= 4 is 13.7 Å². The van der Waals surface area contributed by atoms with Gasteiger partial charge in [0.2, 0.25) is 5.91 Å². The molecule has 68 heavy (non-hydrogen) atoms. The number of amides is 1. The largest absolute Gasteiger partial charge is 0.756 e. The van der Waals surface area contributed by atoms with Crippen LogP contribution in [0.1, 0.15) is 206 Å². The normalized spacial score (nSPS) is 14.9. The maximum absolute atomic E-state index is 12.9. The summed E-state index contributed by atoms with van der Waals surface area (Å²) in [7, 11) is 1.22. The van der Waals surface area contributed by atoms with E-state index in [0.717, 1.165) is 89.9 Å². The molecule has 1 amide bonds. The van der Waals surface area contributed by atoms with Crippen molar-refractivity contribution in [2.45, 2.75) is 219 Å². The zero-order chi connectivity index (χ0) is 49.9. The zero-order valence-electron chi connectivity index (χ0n) is 44.3. The summed E-state index contributed by atoms with van der Waals surface area (Å²) in [6.07, 6.45) is 71.7. The molecule has 0 fully saturated rings. The highest BCUT2D eigenvalue weighted by Gasteiger charge is 2.23. The summed E-state index contributed by atoms with van der Waals surface area (Å²) in [6.45, 7) is 4.45. The predicted molar refractivity (Wildman–Crippen MR) is 292 cm³/mol. The van der Waals surface area contributed by atoms with Gasteiger partial charge in [0.25, 0.3) is 7.82 Å². The molecule has 0 rings (SSSR count). The number of likely N-dealkylation sites (N-methyl/N-ethyl adjacent to an activating group) is 1. The lowest BCUT2D eigenvalue weighted by Crippen LogP contribution is -2.45. The van der Waals surface area contributed by atoms with Crippen molar-refractivity contribution in [3.63, 3.8) is 0 Å². The lowest BCUT2D eigenvalue weighted by Gasteiger charge is -2.29. The van der Waals surface area contributed by atoms with Crippen LogP contribution in [0.25, 0.3) is 0 Å². The van der Waals surface area contributed by atoms with Gasteiger partial charge < -0.3 is 28.8 Å². The van der Waals surface area contributed by atoms with Crippen LogP contribution in [0.4, 0.5) is 0 Å². The van der Waals surface area contributed by atoms with E-state index in [9.17, 15) is 19.4 Å². The van der Waals surface area contributed by atoms with Crippen molar-refractivity contribution in [1.82, 2.24) is 5.32 Å². The lowest BCUT2D eigenvalue weighted by atomic mass is 10.0. The van der Waals surface area contributed by atoms with Crippen LogP contribution in [-0.2, 0) is 18.4 Å². The van der Waals surface area contributed by atoms with Gasteiger partial charge in [-0.3, -0.25) is 9.36 Å². The molecule has 8 nitrogen and oxygen atoms in total. The summed E-state index contributed by atoms with van der Waals surface area (Å²) < 4.78 is 23.2. The summed E-state index contributed by atoms with van der Waals surface area (Å²) in [5, 5.41) is 13.8. The van der Waals surface area contributed by atoms with Gasteiger partial charge in [-0.15, -0.1) is 0 Å². The summed E-state index contributed by atoms with van der Waals surface area (Å²) in [6, 6.07) is -0.915. The second-order valence-electron chi connectivity index (χ2n) is 19.2. The van der Waals surface area contributed by atoms with Gasteiger partial charge in [-0.1, -0.05) is 213 Å². The third kappa shape index (κ3) is 51.0. The van der Waals surface area contributed by atoms with E-state index in [2.05, 4.69) is 116 Å². The maximum Gasteiger partial charge on any atom is 0.268 e. The van der Waals surface area contributed by atoms with Gasteiger partial charge >= 0.3 is 0 Å². The number of nitrogens with one attached hydrogen (secondary N) is 1. The highest BCUT2D eigenvalue weighted by molar-refractivity contribution is 7.45. The SMILES string of the molecule is CC/C=C\C/C=C\C/C=C\C/C=C\C/C=C\C/C=C\CCCCCCCCCCCCCCCCC(=O)NC(COP(=O)([O-])OCC[N+](C)(C)C)C(O)/C=C/CC/C=C/CC/C=C/CCCCC. The van der Waals surface area contributed by atoms with Crippen LogP contribution in [-0.4, -0.2) is 68.5 Å². The van der Waals surface area contributed by atoms with E-state index in [1.54, 1.807) is 6.08 Å². The van der Waals surface area contributed by atoms with Gasteiger partial charge in [-0.25, -0.2) is 0 Å². The van der Waals surface area contributed by atoms with Gasteiger partial charge in [0.1, 0.15) is 13.2 Å². The van der Waals surface area contributed by atoms with Crippen molar-refractivity contribution in [3.8, 4) is 0 Å². The topological polar surface area (TPSA) is 108 Å². The number of hydrogen-bond donors (Lipinski definition) is 2. The first kappa shape index (κ1) is 65.2. The molecule has 390 valence electrons. The van der Waals surface area contributed by atoms with Crippen LogP contribution >= 0.6 is 7.82 Å². The van der Waals surface area contributed by atoms with Crippen molar-refractivity contribution in [2.24, 2.45) is 0 Å². The molecule has 0 aromatic rings. The average molecular weight is 967 g/mol. The number of allylic oxidation sites excluding steroid dienone is 17. The van der Waals surface area contributed by atoms with Crippen LogP contribution in [0.5, 0.6) is 0 Å². The Balaban J connectivity index is 4.14. The van der Waals surface area contributed by atoms with Crippen LogP contribution in [0.2, 0.25) is 0 Å². The minimum absolute atomic E-state index is 0.0136.